The van der Waals surface area contributed by atoms with Crippen LogP contribution in [0.15, 0.2) is 53.1 Å². The Hall–Kier alpha value is -3.94. The van der Waals surface area contributed by atoms with Gasteiger partial charge < -0.3 is 19.3 Å². The summed E-state index contributed by atoms with van der Waals surface area (Å²) < 4.78 is 16.3. The van der Waals surface area contributed by atoms with Crippen molar-refractivity contribution in [3.63, 3.8) is 0 Å². The van der Waals surface area contributed by atoms with Crippen molar-refractivity contribution in [1.82, 2.24) is 15.1 Å². The van der Waals surface area contributed by atoms with Crippen LogP contribution < -0.4 is 10.1 Å². The molecule has 4 rings (SSSR count). The molecule has 2 aromatic heterocycles. The first-order chi connectivity index (χ1) is 15.9. The number of aromatic nitrogens is 3. The third kappa shape index (κ3) is 5.11. The first-order valence-corrected chi connectivity index (χ1v) is 10.9. The van der Waals surface area contributed by atoms with Gasteiger partial charge in [0.25, 0.3) is 5.71 Å². The normalized spacial score (nSPS) is 11.1. The van der Waals surface area contributed by atoms with Crippen LogP contribution in [0.4, 0.5) is 5.82 Å². The van der Waals surface area contributed by atoms with Gasteiger partial charge in [0, 0.05) is 12.1 Å². The molecule has 4 aromatic rings. The lowest BCUT2D eigenvalue weighted by molar-refractivity contribution is 0.0512. The number of hydrogen-bond donors (Lipinski definition) is 1. The summed E-state index contributed by atoms with van der Waals surface area (Å²) in [6.45, 7) is 8.41. The molecule has 0 aliphatic rings. The molecule has 8 heteroatoms. The molecule has 1 N–H and O–H groups in total. The minimum absolute atomic E-state index is 0.0841. The van der Waals surface area contributed by atoms with Crippen LogP contribution in [0, 0.1) is 6.92 Å². The molecule has 0 saturated heterocycles. The van der Waals surface area contributed by atoms with Crippen LogP contribution in [-0.2, 0) is 11.3 Å². The van der Waals surface area contributed by atoms with Crippen molar-refractivity contribution in [1.29, 1.82) is 0 Å². The molecule has 0 atom stereocenters. The second kappa shape index (κ2) is 9.68. The van der Waals surface area contributed by atoms with Gasteiger partial charge in [-0.05, 0) is 45.4 Å². The second-order valence-electron chi connectivity index (χ2n) is 7.86. The Morgan fingerprint density at radius 3 is 2.45 bits per heavy atom. The highest BCUT2D eigenvalue weighted by Gasteiger charge is 2.22. The maximum atomic E-state index is 12.3. The van der Waals surface area contributed by atoms with Gasteiger partial charge in [0.2, 0.25) is 5.82 Å². The average molecular weight is 447 g/mol. The molecule has 0 amide bonds. The zero-order chi connectivity index (χ0) is 23.4. The molecule has 2 heterocycles. The number of carbonyl (C=O) groups excluding carboxylic acids is 1. The van der Waals surface area contributed by atoms with Gasteiger partial charge in [-0.15, -0.1) is 0 Å². The van der Waals surface area contributed by atoms with Crippen LogP contribution in [-0.4, -0.2) is 33.8 Å². The third-order valence-corrected chi connectivity index (χ3v) is 4.87. The van der Waals surface area contributed by atoms with E-state index in [0.29, 0.717) is 23.4 Å². The van der Waals surface area contributed by atoms with Crippen LogP contribution in [0.25, 0.3) is 22.4 Å². The van der Waals surface area contributed by atoms with E-state index in [9.17, 15) is 4.79 Å². The summed E-state index contributed by atoms with van der Waals surface area (Å²) in [7, 11) is 0. The van der Waals surface area contributed by atoms with Crippen LogP contribution in [0.2, 0.25) is 0 Å². The van der Waals surface area contributed by atoms with E-state index >= 15 is 0 Å². The predicted molar refractivity (Wildman–Crippen MR) is 125 cm³/mol. The van der Waals surface area contributed by atoms with Gasteiger partial charge in [0.1, 0.15) is 22.6 Å². The molecule has 0 aliphatic heterocycles. The number of nitrogens with zero attached hydrogens (tertiary/aromatic N) is 3. The number of nitrogens with one attached hydrogen (secondary N) is 1. The molecule has 0 spiro atoms. The Kier molecular flexibility index (Phi) is 6.53. The summed E-state index contributed by atoms with van der Waals surface area (Å²) in [6, 6.07) is 15.7. The zero-order valence-corrected chi connectivity index (χ0v) is 19.1. The highest BCUT2D eigenvalue weighted by Crippen LogP contribution is 2.32. The molecule has 2 aromatic carbocycles. The summed E-state index contributed by atoms with van der Waals surface area (Å²) in [5.41, 5.74) is 3.83. The van der Waals surface area contributed by atoms with E-state index in [1.54, 1.807) is 6.92 Å². The van der Waals surface area contributed by atoms with Crippen LogP contribution in [0.3, 0.4) is 0 Å². The molecule has 0 aliphatic carbocycles. The summed E-state index contributed by atoms with van der Waals surface area (Å²) in [4.78, 5) is 21.0. The van der Waals surface area contributed by atoms with E-state index in [1.165, 1.54) is 0 Å². The van der Waals surface area contributed by atoms with Gasteiger partial charge in [-0.25, -0.2) is 9.78 Å². The fourth-order valence-electron chi connectivity index (χ4n) is 3.32. The van der Waals surface area contributed by atoms with Crippen molar-refractivity contribution in [2.45, 2.75) is 40.3 Å². The van der Waals surface area contributed by atoms with Crippen LogP contribution in [0.1, 0.15) is 42.5 Å². The number of esters is 1. The lowest BCUT2D eigenvalue weighted by Crippen LogP contribution is -2.12. The maximum Gasteiger partial charge on any atom is 0.376 e. The molecule has 0 radical (unpaired) electrons. The summed E-state index contributed by atoms with van der Waals surface area (Å²) in [6.07, 6.45) is 0.110. The van der Waals surface area contributed by atoms with E-state index < -0.39 is 5.97 Å². The fourth-order valence-corrected chi connectivity index (χ4v) is 3.32. The first kappa shape index (κ1) is 22.3. The van der Waals surface area contributed by atoms with Crippen molar-refractivity contribution < 1.29 is 18.8 Å². The maximum absolute atomic E-state index is 12.3. The minimum atomic E-state index is -0.620. The molecule has 170 valence electrons. The van der Waals surface area contributed by atoms with E-state index in [0.717, 1.165) is 22.4 Å². The standard InChI is InChI=1S/C25H26N4O4/c1-5-31-25(30)23-27-22(26-14-17-8-12-19(13-9-17)32-15(2)3)20-21(29-33-24(20)28-23)18-10-6-16(4)7-11-18/h6-13,15H,5,14H2,1-4H3,(H,26,27,28). The summed E-state index contributed by atoms with van der Waals surface area (Å²) >= 11 is 0. The highest BCUT2D eigenvalue weighted by molar-refractivity contribution is 5.99. The Morgan fingerprint density at radius 1 is 1.06 bits per heavy atom. The lowest BCUT2D eigenvalue weighted by atomic mass is 10.1. The number of fused-ring (bicyclic) bond motifs is 1. The number of ether oxygens (including phenoxy) is 2. The van der Waals surface area contributed by atoms with E-state index in [2.05, 4.69) is 20.4 Å². The SMILES string of the molecule is CCOC(=O)c1nc(NCc2ccc(OC(C)C)cc2)c2c(-c3ccc(C)cc3)noc2n1. The topological polar surface area (TPSA) is 99.4 Å². The van der Waals surface area contributed by atoms with Gasteiger partial charge in [0.15, 0.2) is 0 Å². The Bertz CT molecular complexity index is 1250. The number of rotatable bonds is 8. The number of carbonyl (C=O) groups is 1. The molecule has 0 saturated carbocycles. The highest BCUT2D eigenvalue weighted by atomic mass is 16.5. The molecule has 8 nitrogen and oxygen atoms in total. The third-order valence-electron chi connectivity index (χ3n) is 4.87. The molecule has 33 heavy (non-hydrogen) atoms. The van der Waals surface area contributed by atoms with E-state index in [1.807, 2.05) is 69.3 Å². The van der Waals surface area contributed by atoms with Gasteiger partial charge in [-0.3, -0.25) is 0 Å². The van der Waals surface area contributed by atoms with Gasteiger partial charge in [-0.2, -0.15) is 4.98 Å². The van der Waals surface area contributed by atoms with Gasteiger partial charge in [0.05, 0.1) is 12.7 Å². The monoisotopic (exact) mass is 446 g/mol. The number of anilines is 1. The second-order valence-corrected chi connectivity index (χ2v) is 7.86. The molecule has 0 unspecified atom stereocenters. The van der Waals surface area contributed by atoms with Crippen LogP contribution in [0.5, 0.6) is 5.75 Å². The lowest BCUT2D eigenvalue weighted by Gasteiger charge is -2.11. The van der Waals surface area contributed by atoms with E-state index in [4.69, 9.17) is 14.0 Å². The molecular formula is C25H26N4O4. The van der Waals surface area contributed by atoms with Crippen molar-refractivity contribution >= 4 is 22.9 Å². The number of aryl methyl sites for hydroxylation is 1. The Balaban J connectivity index is 1.69. The Labute approximate surface area is 191 Å². The smallest absolute Gasteiger partial charge is 0.376 e. The van der Waals surface area contributed by atoms with Crippen molar-refractivity contribution in [3.05, 3.63) is 65.5 Å². The number of benzene rings is 2. The van der Waals surface area contributed by atoms with E-state index in [-0.39, 0.29) is 24.2 Å². The quantitative estimate of drug-likeness (QED) is 0.370. The van der Waals surface area contributed by atoms with Crippen molar-refractivity contribution in [2.24, 2.45) is 0 Å². The summed E-state index contributed by atoms with van der Waals surface area (Å²) in [5.74, 6) is 0.552. The first-order valence-electron chi connectivity index (χ1n) is 10.9. The predicted octanol–water partition coefficient (Wildman–Crippen LogP) is 5.17. The largest absolute Gasteiger partial charge is 0.491 e. The zero-order valence-electron chi connectivity index (χ0n) is 19.1. The fraction of sp³-hybridized carbons (Fsp3) is 0.280. The summed E-state index contributed by atoms with van der Waals surface area (Å²) in [5, 5.41) is 8.12. The molecule has 0 bridgehead atoms. The minimum Gasteiger partial charge on any atom is -0.491 e. The molecule has 0 fully saturated rings. The average Bonchev–Trinajstić information content (AvgIpc) is 3.23. The van der Waals surface area contributed by atoms with Crippen molar-refractivity contribution in [3.8, 4) is 17.0 Å². The van der Waals surface area contributed by atoms with Gasteiger partial charge >= 0.3 is 5.97 Å². The number of hydrogen-bond acceptors (Lipinski definition) is 8. The van der Waals surface area contributed by atoms with Crippen LogP contribution >= 0.6 is 0 Å². The van der Waals surface area contributed by atoms with Crippen molar-refractivity contribution in [2.75, 3.05) is 11.9 Å². The van der Waals surface area contributed by atoms with Gasteiger partial charge in [-0.1, -0.05) is 47.1 Å². The Morgan fingerprint density at radius 2 is 1.79 bits per heavy atom. The molecular weight excluding hydrogens is 420 g/mol.